The molecule has 8 heteroatoms. The number of rotatable bonds is 6. The average molecular weight is 406 g/mol. The number of benzene rings is 1. The number of halogens is 1. The number of ether oxygens (including phenoxy) is 1. The summed E-state index contributed by atoms with van der Waals surface area (Å²) in [5.74, 6) is 0.591. The summed E-state index contributed by atoms with van der Waals surface area (Å²) in [5, 5.41) is 3.32. The molecule has 0 radical (unpaired) electrons. The molecule has 2 heterocycles. The molecule has 1 unspecified atom stereocenters. The van der Waals surface area contributed by atoms with Crippen molar-refractivity contribution >= 4 is 17.6 Å². The molecule has 2 saturated heterocycles. The monoisotopic (exact) mass is 405 g/mol. The zero-order valence-electron chi connectivity index (χ0n) is 17.2. The van der Waals surface area contributed by atoms with Crippen LogP contribution < -0.4 is 16.0 Å². The molecule has 0 aromatic heterocycles. The van der Waals surface area contributed by atoms with Crippen LogP contribution in [0.2, 0.25) is 0 Å². The SMILES string of the molecule is CCNC(=NCc1ccc(N2CCOCC2)c(F)c1)N1CCCC(CC(N)=O)C1. The fourth-order valence-corrected chi connectivity index (χ4v) is 4.01. The number of nitrogens with one attached hydrogen (secondary N) is 1. The predicted octanol–water partition coefficient (Wildman–Crippen LogP) is 1.72. The Hall–Kier alpha value is -2.35. The van der Waals surface area contributed by atoms with Crippen LogP contribution in [0.4, 0.5) is 10.1 Å². The molecule has 3 N–H and O–H groups in total. The van der Waals surface area contributed by atoms with E-state index < -0.39 is 0 Å². The van der Waals surface area contributed by atoms with E-state index >= 15 is 0 Å². The van der Waals surface area contributed by atoms with Crippen molar-refractivity contribution in [3.63, 3.8) is 0 Å². The van der Waals surface area contributed by atoms with Gasteiger partial charge in [0.1, 0.15) is 5.82 Å². The van der Waals surface area contributed by atoms with E-state index in [-0.39, 0.29) is 17.6 Å². The van der Waals surface area contributed by atoms with Crippen molar-refractivity contribution in [2.75, 3.05) is 50.8 Å². The molecule has 2 aliphatic rings. The van der Waals surface area contributed by atoms with Gasteiger partial charge >= 0.3 is 0 Å². The second-order valence-corrected chi connectivity index (χ2v) is 7.68. The van der Waals surface area contributed by atoms with Gasteiger partial charge in [0.05, 0.1) is 25.4 Å². The van der Waals surface area contributed by atoms with Crippen LogP contribution in [0.5, 0.6) is 0 Å². The van der Waals surface area contributed by atoms with E-state index in [1.165, 1.54) is 0 Å². The van der Waals surface area contributed by atoms with Gasteiger partial charge in [-0.05, 0) is 43.4 Å². The third-order valence-electron chi connectivity index (χ3n) is 5.42. The number of piperidine rings is 1. The Bertz CT molecular complexity index is 721. The number of hydrogen-bond donors (Lipinski definition) is 2. The molecule has 0 spiro atoms. The van der Waals surface area contributed by atoms with Crippen LogP contribution in [0.25, 0.3) is 0 Å². The highest BCUT2D eigenvalue weighted by Gasteiger charge is 2.23. The summed E-state index contributed by atoms with van der Waals surface area (Å²) in [7, 11) is 0. The van der Waals surface area contributed by atoms with E-state index in [0.29, 0.717) is 45.0 Å². The topological polar surface area (TPSA) is 83.2 Å². The van der Waals surface area contributed by atoms with Crippen molar-refractivity contribution in [2.45, 2.75) is 32.7 Å². The number of anilines is 1. The molecule has 0 saturated carbocycles. The summed E-state index contributed by atoms with van der Waals surface area (Å²) < 4.78 is 20.0. The largest absolute Gasteiger partial charge is 0.378 e. The van der Waals surface area contributed by atoms with Crippen molar-refractivity contribution in [3.8, 4) is 0 Å². The van der Waals surface area contributed by atoms with Crippen LogP contribution >= 0.6 is 0 Å². The number of morpholine rings is 1. The van der Waals surface area contributed by atoms with Gasteiger partial charge in [-0.3, -0.25) is 4.79 Å². The molecule has 2 fully saturated rings. The lowest BCUT2D eigenvalue weighted by Gasteiger charge is -2.34. The Balaban J connectivity index is 1.66. The van der Waals surface area contributed by atoms with E-state index in [1.807, 2.05) is 24.0 Å². The Kier molecular flexibility index (Phi) is 7.69. The lowest BCUT2D eigenvalue weighted by molar-refractivity contribution is -0.119. The van der Waals surface area contributed by atoms with Crippen molar-refractivity contribution in [2.24, 2.45) is 16.6 Å². The van der Waals surface area contributed by atoms with Crippen LogP contribution in [0.1, 0.15) is 31.7 Å². The summed E-state index contributed by atoms with van der Waals surface area (Å²) in [6.45, 7) is 7.51. The first-order chi connectivity index (χ1) is 14.1. The smallest absolute Gasteiger partial charge is 0.217 e. The zero-order chi connectivity index (χ0) is 20.6. The van der Waals surface area contributed by atoms with E-state index in [1.54, 1.807) is 6.07 Å². The highest BCUT2D eigenvalue weighted by molar-refractivity contribution is 5.80. The zero-order valence-corrected chi connectivity index (χ0v) is 17.2. The molecule has 2 aliphatic heterocycles. The normalized spacial score (nSPS) is 20.6. The molecule has 0 aliphatic carbocycles. The van der Waals surface area contributed by atoms with Crippen LogP contribution in [0, 0.1) is 11.7 Å². The summed E-state index contributed by atoms with van der Waals surface area (Å²) >= 11 is 0. The number of likely N-dealkylation sites (tertiary alicyclic amines) is 1. The van der Waals surface area contributed by atoms with Crippen LogP contribution in [-0.2, 0) is 16.1 Å². The predicted molar refractivity (Wildman–Crippen MR) is 112 cm³/mol. The minimum absolute atomic E-state index is 0.218. The first-order valence-corrected chi connectivity index (χ1v) is 10.5. The quantitative estimate of drug-likeness (QED) is 0.556. The van der Waals surface area contributed by atoms with Gasteiger partial charge in [0.2, 0.25) is 5.91 Å². The number of primary amides is 1. The summed E-state index contributed by atoms with van der Waals surface area (Å²) in [5.41, 5.74) is 6.83. The lowest BCUT2D eigenvalue weighted by Crippen LogP contribution is -2.47. The molecule has 160 valence electrons. The Morgan fingerprint density at radius 2 is 2.14 bits per heavy atom. The molecule has 1 atom stereocenters. The fraction of sp³-hybridized carbons (Fsp3) is 0.619. The van der Waals surface area contributed by atoms with E-state index in [9.17, 15) is 9.18 Å². The van der Waals surface area contributed by atoms with Gasteiger partial charge in [0.25, 0.3) is 0 Å². The van der Waals surface area contributed by atoms with Gasteiger partial charge in [-0.2, -0.15) is 0 Å². The van der Waals surface area contributed by atoms with E-state index in [4.69, 9.17) is 15.5 Å². The van der Waals surface area contributed by atoms with Gasteiger partial charge in [0.15, 0.2) is 5.96 Å². The van der Waals surface area contributed by atoms with Gasteiger partial charge in [0, 0.05) is 39.1 Å². The third-order valence-corrected chi connectivity index (χ3v) is 5.42. The first kappa shape index (κ1) is 21.4. The minimum atomic E-state index is -0.255. The fourth-order valence-electron chi connectivity index (χ4n) is 4.01. The first-order valence-electron chi connectivity index (χ1n) is 10.5. The van der Waals surface area contributed by atoms with E-state index in [0.717, 1.165) is 44.0 Å². The number of nitrogens with two attached hydrogens (primary N) is 1. The number of aliphatic imine (C=N–C) groups is 1. The number of hydrogen-bond acceptors (Lipinski definition) is 4. The number of carbonyl (C=O) groups is 1. The summed E-state index contributed by atoms with van der Waals surface area (Å²) in [6, 6.07) is 5.35. The molecule has 7 nitrogen and oxygen atoms in total. The van der Waals surface area contributed by atoms with Crippen molar-refractivity contribution in [1.82, 2.24) is 10.2 Å². The summed E-state index contributed by atoms with van der Waals surface area (Å²) in [6.07, 6.45) is 2.42. The van der Waals surface area contributed by atoms with Gasteiger partial charge < -0.3 is 25.6 Å². The Morgan fingerprint density at radius 1 is 1.34 bits per heavy atom. The Morgan fingerprint density at radius 3 is 2.83 bits per heavy atom. The van der Waals surface area contributed by atoms with Gasteiger partial charge in [-0.25, -0.2) is 9.38 Å². The molecule has 0 bridgehead atoms. The molecule has 1 amide bonds. The van der Waals surface area contributed by atoms with Crippen molar-refractivity contribution in [3.05, 3.63) is 29.6 Å². The number of guanidine groups is 1. The second kappa shape index (κ2) is 10.4. The molecule has 29 heavy (non-hydrogen) atoms. The number of amides is 1. The third kappa shape index (κ3) is 6.06. The standard InChI is InChI=1S/C21H32FN5O2/c1-2-24-21(27-7-3-4-17(15-27)13-20(23)28)25-14-16-5-6-19(18(22)12-16)26-8-10-29-11-9-26/h5-6,12,17H,2-4,7-11,13-15H2,1H3,(H2,23,28)(H,24,25). The average Bonchev–Trinajstić information content (AvgIpc) is 2.71. The number of carbonyl (C=O) groups excluding carboxylic acids is 1. The van der Waals surface area contributed by atoms with Crippen LogP contribution in [0.15, 0.2) is 23.2 Å². The highest BCUT2D eigenvalue weighted by atomic mass is 19.1. The summed E-state index contributed by atoms with van der Waals surface area (Å²) in [4.78, 5) is 20.2. The molecule has 1 aromatic carbocycles. The maximum absolute atomic E-state index is 14.6. The molecule has 3 rings (SSSR count). The van der Waals surface area contributed by atoms with Gasteiger partial charge in [-0.15, -0.1) is 0 Å². The minimum Gasteiger partial charge on any atom is -0.378 e. The van der Waals surface area contributed by atoms with E-state index in [2.05, 4.69) is 10.2 Å². The molecular formula is C21H32FN5O2. The van der Waals surface area contributed by atoms with Crippen molar-refractivity contribution in [1.29, 1.82) is 0 Å². The maximum atomic E-state index is 14.6. The highest BCUT2D eigenvalue weighted by Crippen LogP contribution is 2.23. The number of nitrogens with zero attached hydrogens (tertiary/aromatic N) is 3. The molecular weight excluding hydrogens is 373 g/mol. The molecule has 1 aromatic rings. The second-order valence-electron chi connectivity index (χ2n) is 7.68. The van der Waals surface area contributed by atoms with Crippen molar-refractivity contribution < 1.29 is 13.9 Å². The van der Waals surface area contributed by atoms with Gasteiger partial charge in [-0.1, -0.05) is 6.07 Å². The van der Waals surface area contributed by atoms with Crippen LogP contribution in [-0.4, -0.2) is 62.7 Å². The van der Waals surface area contributed by atoms with Crippen LogP contribution in [0.3, 0.4) is 0 Å². The Labute approximate surface area is 172 Å². The lowest BCUT2D eigenvalue weighted by atomic mass is 9.95. The maximum Gasteiger partial charge on any atom is 0.217 e.